The van der Waals surface area contributed by atoms with Crippen LogP contribution in [0.2, 0.25) is 0 Å². The Labute approximate surface area is 166 Å². The Morgan fingerprint density at radius 1 is 1.11 bits per heavy atom. The summed E-state index contributed by atoms with van der Waals surface area (Å²) in [6.45, 7) is 9.75. The molecule has 0 bridgehead atoms. The molecule has 1 fully saturated rings. The minimum Gasteiger partial charge on any atom is -0.471 e. The van der Waals surface area contributed by atoms with Gasteiger partial charge >= 0.3 is 0 Å². The number of hydrogen-bond acceptors (Lipinski definition) is 5. The maximum atomic E-state index is 13.6. The van der Waals surface area contributed by atoms with E-state index < -0.39 is 0 Å². The summed E-state index contributed by atoms with van der Waals surface area (Å²) in [5.41, 5.74) is 1.20. The molecule has 6 heteroatoms. The van der Waals surface area contributed by atoms with Crippen molar-refractivity contribution in [3.05, 3.63) is 53.7 Å². The van der Waals surface area contributed by atoms with Crippen LogP contribution in [0.3, 0.4) is 0 Å². The van der Waals surface area contributed by atoms with Gasteiger partial charge in [0.15, 0.2) is 0 Å². The molecule has 5 nitrogen and oxygen atoms in total. The van der Waals surface area contributed by atoms with Crippen LogP contribution in [-0.2, 0) is 17.9 Å². The minimum absolute atomic E-state index is 0.199. The Bertz CT molecular complexity index is 755. The van der Waals surface area contributed by atoms with Gasteiger partial charge in [0.2, 0.25) is 5.88 Å². The Morgan fingerprint density at radius 2 is 1.82 bits per heavy atom. The van der Waals surface area contributed by atoms with Crippen molar-refractivity contribution in [2.75, 3.05) is 19.7 Å². The normalized spacial score (nSPS) is 16.3. The Balaban J connectivity index is 1.44. The molecule has 152 valence electrons. The molecular formula is C22H30FN3O2. The third-order valence-electron chi connectivity index (χ3n) is 4.79. The van der Waals surface area contributed by atoms with E-state index in [4.69, 9.17) is 9.47 Å². The summed E-state index contributed by atoms with van der Waals surface area (Å²) in [5.74, 6) is 0.926. The fourth-order valence-corrected chi connectivity index (χ4v) is 3.31. The second-order valence-electron chi connectivity index (χ2n) is 8.35. The van der Waals surface area contributed by atoms with Crippen molar-refractivity contribution in [1.29, 1.82) is 0 Å². The highest BCUT2D eigenvalue weighted by molar-refractivity contribution is 5.18. The lowest BCUT2D eigenvalue weighted by Crippen LogP contribution is -2.35. The van der Waals surface area contributed by atoms with Crippen molar-refractivity contribution in [1.82, 2.24) is 14.9 Å². The van der Waals surface area contributed by atoms with E-state index in [1.807, 2.05) is 26.8 Å². The molecule has 1 aliphatic heterocycles. The van der Waals surface area contributed by atoms with Crippen molar-refractivity contribution in [3.8, 4) is 5.88 Å². The molecule has 0 spiro atoms. The van der Waals surface area contributed by atoms with Crippen molar-refractivity contribution < 1.29 is 13.9 Å². The summed E-state index contributed by atoms with van der Waals surface area (Å²) in [5, 5.41) is 0. The maximum Gasteiger partial charge on any atom is 0.237 e. The monoisotopic (exact) mass is 387 g/mol. The van der Waals surface area contributed by atoms with Crippen LogP contribution in [-0.4, -0.2) is 40.2 Å². The Kier molecular flexibility index (Phi) is 6.97. The van der Waals surface area contributed by atoms with Crippen molar-refractivity contribution in [2.45, 2.75) is 52.4 Å². The first-order chi connectivity index (χ1) is 13.4. The van der Waals surface area contributed by atoms with Crippen LogP contribution >= 0.6 is 0 Å². The van der Waals surface area contributed by atoms with E-state index >= 15 is 0 Å². The van der Waals surface area contributed by atoms with Gasteiger partial charge < -0.3 is 9.47 Å². The average Bonchev–Trinajstić information content (AvgIpc) is 2.65. The zero-order valence-electron chi connectivity index (χ0n) is 17.0. The molecule has 1 aromatic carbocycles. The van der Waals surface area contributed by atoms with Crippen LogP contribution < -0.4 is 4.74 Å². The summed E-state index contributed by atoms with van der Waals surface area (Å²) in [7, 11) is 0. The SMILES string of the molecule is CC(C)(C)Oc1nccnc1CN1CCC(COCc2ccccc2F)CC1. The number of aromatic nitrogens is 2. The molecular weight excluding hydrogens is 357 g/mol. The van der Waals surface area contributed by atoms with Crippen LogP contribution in [0.25, 0.3) is 0 Å². The molecule has 2 heterocycles. The summed E-state index contributed by atoms with van der Waals surface area (Å²) in [6.07, 6.45) is 5.51. The minimum atomic E-state index is -0.298. The fourth-order valence-electron chi connectivity index (χ4n) is 3.31. The summed E-state index contributed by atoms with van der Waals surface area (Å²) in [6, 6.07) is 6.78. The number of benzene rings is 1. The molecule has 1 saturated heterocycles. The number of likely N-dealkylation sites (tertiary alicyclic amines) is 1. The van der Waals surface area contributed by atoms with E-state index in [-0.39, 0.29) is 11.4 Å². The molecule has 0 N–H and O–H groups in total. The number of rotatable bonds is 7. The van der Waals surface area contributed by atoms with E-state index in [1.54, 1.807) is 24.5 Å². The smallest absolute Gasteiger partial charge is 0.237 e. The topological polar surface area (TPSA) is 47.5 Å². The van der Waals surface area contributed by atoms with Crippen LogP contribution in [0.5, 0.6) is 5.88 Å². The molecule has 2 aromatic rings. The standard InChI is InChI=1S/C22H30FN3O2/c1-22(2,3)28-21-20(24-10-11-25-21)14-26-12-8-17(9-13-26)15-27-16-18-6-4-5-7-19(18)23/h4-7,10-11,17H,8-9,12-16H2,1-3H3. The lowest BCUT2D eigenvalue weighted by Gasteiger charge is -2.32. The molecule has 0 aliphatic carbocycles. The zero-order valence-corrected chi connectivity index (χ0v) is 17.0. The van der Waals surface area contributed by atoms with Crippen LogP contribution in [0, 0.1) is 11.7 Å². The molecule has 0 amide bonds. The van der Waals surface area contributed by atoms with Gasteiger partial charge in [-0.05, 0) is 58.7 Å². The van der Waals surface area contributed by atoms with Crippen LogP contribution in [0.1, 0.15) is 44.9 Å². The summed E-state index contributed by atoms with van der Waals surface area (Å²) in [4.78, 5) is 11.2. The van der Waals surface area contributed by atoms with Crippen LogP contribution in [0.4, 0.5) is 4.39 Å². The first-order valence-electron chi connectivity index (χ1n) is 9.93. The lowest BCUT2D eigenvalue weighted by atomic mass is 9.97. The third kappa shape index (κ3) is 6.24. The first-order valence-corrected chi connectivity index (χ1v) is 9.93. The number of hydrogen-bond donors (Lipinski definition) is 0. The van der Waals surface area contributed by atoms with Gasteiger partial charge in [0.05, 0.1) is 6.61 Å². The number of ether oxygens (including phenoxy) is 2. The van der Waals surface area contributed by atoms with Gasteiger partial charge in [-0.2, -0.15) is 0 Å². The van der Waals surface area contributed by atoms with E-state index in [0.717, 1.165) is 38.2 Å². The highest BCUT2D eigenvalue weighted by Crippen LogP contribution is 2.23. The second kappa shape index (κ2) is 9.43. The predicted molar refractivity (Wildman–Crippen MR) is 106 cm³/mol. The average molecular weight is 387 g/mol. The van der Waals surface area contributed by atoms with Gasteiger partial charge in [0.1, 0.15) is 17.1 Å². The van der Waals surface area contributed by atoms with Crippen LogP contribution in [0.15, 0.2) is 36.7 Å². The van der Waals surface area contributed by atoms with Crippen molar-refractivity contribution in [2.24, 2.45) is 5.92 Å². The summed E-state index contributed by atoms with van der Waals surface area (Å²) >= 11 is 0. The Hall–Kier alpha value is -2.05. The molecule has 0 atom stereocenters. The third-order valence-corrected chi connectivity index (χ3v) is 4.79. The van der Waals surface area contributed by atoms with Gasteiger partial charge in [0.25, 0.3) is 0 Å². The van der Waals surface area contributed by atoms with Gasteiger partial charge in [-0.25, -0.2) is 9.37 Å². The fraction of sp³-hybridized carbons (Fsp3) is 0.545. The quantitative estimate of drug-likeness (QED) is 0.712. The second-order valence-corrected chi connectivity index (χ2v) is 8.35. The van der Waals surface area contributed by atoms with E-state index in [1.165, 1.54) is 6.07 Å². The van der Waals surface area contributed by atoms with E-state index in [9.17, 15) is 4.39 Å². The van der Waals surface area contributed by atoms with Gasteiger partial charge in [-0.15, -0.1) is 0 Å². The maximum absolute atomic E-state index is 13.6. The number of piperidine rings is 1. The molecule has 28 heavy (non-hydrogen) atoms. The largest absolute Gasteiger partial charge is 0.471 e. The van der Waals surface area contributed by atoms with Gasteiger partial charge in [-0.1, -0.05) is 18.2 Å². The van der Waals surface area contributed by atoms with Gasteiger partial charge in [-0.3, -0.25) is 9.88 Å². The van der Waals surface area contributed by atoms with E-state index in [2.05, 4.69) is 14.9 Å². The molecule has 3 rings (SSSR count). The highest BCUT2D eigenvalue weighted by Gasteiger charge is 2.22. The van der Waals surface area contributed by atoms with Gasteiger partial charge in [0, 0.05) is 31.1 Å². The highest BCUT2D eigenvalue weighted by atomic mass is 19.1. The molecule has 0 unspecified atom stereocenters. The molecule has 1 aromatic heterocycles. The molecule has 0 saturated carbocycles. The number of nitrogens with zero attached hydrogens (tertiary/aromatic N) is 3. The lowest BCUT2D eigenvalue weighted by molar-refractivity contribution is 0.0539. The zero-order chi connectivity index (χ0) is 20.0. The first kappa shape index (κ1) is 20.7. The summed E-state index contributed by atoms with van der Waals surface area (Å²) < 4.78 is 25.4. The number of halogens is 1. The van der Waals surface area contributed by atoms with Crippen molar-refractivity contribution >= 4 is 0 Å². The Morgan fingerprint density at radius 3 is 2.54 bits per heavy atom. The van der Waals surface area contributed by atoms with Crippen molar-refractivity contribution in [3.63, 3.8) is 0 Å². The van der Waals surface area contributed by atoms with E-state index in [0.29, 0.717) is 30.6 Å². The molecule has 0 radical (unpaired) electrons. The predicted octanol–water partition coefficient (Wildman–Crippen LogP) is 4.22. The molecule has 1 aliphatic rings.